The zero-order valence-corrected chi connectivity index (χ0v) is 12.0. The predicted molar refractivity (Wildman–Crippen MR) is 80.4 cm³/mol. The molecule has 19 heavy (non-hydrogen) atoms. The van der Waals surface area contributed by atoms with Crippen molar-refractivity contribution in [3.63, 3.8) is 0 Å². The fourth-order valence-electron chi connectivity index (χ4n) is 1.52. The molecule has 1 amide bonds. The van der Waals surface area contributed by atoms with E-state index in [2.05, 4.69) is 26.5 Å². The summed E-state index contributed by atoms with van der Waals surface area (Å²) in [6, 6.07) is 15.1. The third-order valence-electron chi connectivity index (χ3n) is 2.58. The number of hydrogen-bond acceptors (Lipinski definition) is 2. The number of amides is 1. The Morgan fingerprint density at radius 2 is 1.84 bits per heavy atom. The summed E-state index contributed by atoms with van der Waals surface area (Å²) in [7, 11) is 0. The van der Waals surface area contributed by atoms with Crippen LogP contribution in [0, 0.1) is 6.92 Å². The van der Waals surface area contributed by atoms with Crippen LogP contribution in [0.15, 0.2) is 58.1 Å². The molecule has 0 atom stereocenters. The van der Waals surface area contributed by atoms with Gasteiger partial charge in [0.15, 0.2) is 0 Å². The van der Waals surface area contributed by atoms with Crippen molar-refractivity contribution in [1.82, 2.24) is 5.43 Å². The van der Waals surface area contributed by atoms with Crippen molar-refractivity contribution in [2.75, 3.05) is 0 Å². The van der Waals surface area contributed by atoms with Crippen molar-refractivity contribution in [3.05, 3.63) is 69.7 Å². The maximum absolute atomic E-state index is 11.9. The smallest absolute Gasteiger partial charge is 0.267 e. The average molecular weight is 317 g/mol. The van der Waals surface area contributed by atoms with Crippen molar-refractivity contribution in [2.45, 2.75) is 6.92 Å². The first-order valence-corrected chi connectivity index (χ1v) is 6.61. The number of hydrazone groups is 1. The number of halogens is 1. The lowest BCUT2D eigenvalue weighted by atomic mass is 10.2. The van der Waals surface area contributed by atoms with E-state index in [1.54, 1.807) is 12.3 Å². The monoisotopic (exact) mass is 316 g/mol. The largest absolute Gasteiger partial charge is 0.272 e. The molecule has 0 spiro atoms. The van der Waals surface area contributed by atoms with Gasteiger partial charge >= 0.3 is 0 Å². The normalized spacial score (nSPS) is 10.6. The molecule has 2 aromatic rings. The molecule has 1 N–H and O–H groups in total. The molecule has 0 radical (unpaired) electrons. The second-order valence-electron chi connectivity index (χ2n) is 4.09. The van der Waals surface area contributed by atoms with Crippen molar-refractivity contribution in [2.24, 2.45) is 5.10 Å². The molecule has 3 nitrogen and oxygen atoms in total. The minimum atomic E-state index is -0.240. The van der Waals surface area contributed by atoms with Crippen LogP contribution in [0.4, 0.5) is 0 Å². The Bertz CT molecular complexity index is 606. The first-order chi connectivity index (χ1) is 9.16. The van der Waals surface area contributed by atoms with Crippen LogP contribution in [-0.2, 0) is 0 Å². The zero-order valence-electron chi connectivity index (χ0n) is 10.4. The Morgan fingerprint density at radius 1 is 1.16 bits per heavy atom. The Labute approximate surface area is 120 Å². The number of rotatable bonds is 3. The van der Waals surface area contributed by atoms with Gasteiger partial charge in [0.1, 0.15) is 0 Å². The van der Waals surface area contributed by atoms with Crippen LogP contribution in [-0.4, -0.2) is 12.1 Å². The maximum atomic E-state index is 11.9. The van der Waals surface area contributed by atoms with Gasteiger partial charge in [-0.05, 0) is 40.5 Å². The van der Waals surface area contributed by atoms with E-state index < -0.39 is 0 Å². The second-order valence-corrected chi connectivity index (χ2v) is 4.94. The minimum Gasteiger partial charge on any atom is -0.267 e. The topological polar surface area (TPSA) is 41.5 Å². The molecule has 0 aromatic heterocycles. The zero-order chi connectivity index (χ0) is 13.7. The molecule has 4 heteroatoms. The van der Waals surface area contributed by atoms with Crippen LogP contribution < -0.4 is 5.43 Å². The Balaban J connectivity index is 2.01. The second kappa shape index (κ2) is 6.29. The van der Waals surface area contributed by atoms with E-state index in [1.165, 1.54) is 5.56 Å². The number of aryl methyl sites for hydroxylation is 1. The van der Waals surface area contributed by atoms with Gasteiger partial charge in [-0.25, -0.2) is 5.43 Å². The third kappa shape index (κ3) is 3.76. The molecule has 0 unspecified atom stereocenters. The standard InChI is InChI=1S/C15H13BrN2O/c1-11-6-8-12(9-7-11)10-17-18-15(19)13-4-2-3-5-14(13)16/h2-10H,1H3,(H,18,19)/b17-10-. The van der Waals surface area contributed by atoms with E-state index in [1.807, 2.05) is 49.4 Å². The molecule has 0 saturated heterocycles. The first-order valence-electron chi connectivity index (χ1n) is 5.81. The summed E-state index contributed by atoms with van der Waals surface area (Å²) >= 11 is 3.33. The summed E-state index contributed by atoms with van der Waals surface area (Å²) in [5.74, 6) is -0.240. The van der Waals surface area contributed by atoms with Gasteiger partial charge in [0, 0.05) is 4.47 Å². The van der Waals surface area contributed by atoms with Gasteiger partial charge < -0.3 is 0 Å². The molecule has 0 saturated carbocycles. The summed E-state index contributed by atoms with van der Waals surface area (Å²) in [6.45, 7) is 2.02. The summed E-state index contributed by atoms with van der Waals surface area (Å²) in [4.78, 5) is 11.9. The van der Waals surface area contributed by atoms with Gasteiger partial charge in [-0.3, -0.25) is 4.79 Å². The van der Waals surface area contributed by atoms with E-state index in [0.717, 1.165) is 10.0 Å². The Hall–Kier alpha value is -1.94. The molecular weight excluding hydrogens is 304 g/mol. The molecule has 0 aliphatic rings. The predicted octanol–water partition coefficient (Wildman–Crippen LogP) is 3.52. The van der Waals surface area contributed by atoms with Crippen LogP contribution >= 0.6 is 15.9 Å². The molecule has 0 aliphatic heterocycles. The number of carbonyl (C=O) groups excluding carboxylic acids is 1. The van der Waals surface area contributed by atoms with Gasteiger partial charge in [-0.15, -0.1) is 0 Å². The summed E-state index contributed by atoms with van der Waals surface area (Å²) in [5.41, 5.74) is 5.19. The molecule has 2 aromatic carbocycles. The highest BCUT2D eigenvalue weighted by Gasteiger charge is 2.07. The SMILES string of the molecule is Cc1ccc(/C=N\NC(=O)c2ccccc2Br)cc1. The number of nitrogens with zero attached hydrogens (tertiary/aromatic N) is 1. The van der Waals surface area contributed by atoms with Gasteiger partial charge in [0.25, 0.3) is 5.91 Å². The molecule has 96 valence electrons. The van der Waals surface area contributed by atoms with E-state index in [4.69, 9.17) is 0 Å². The third-order valence-corrected chi connectivity index (χ3v) is 3.27. The molecule has 0 heterocycles. The fourth-order valence-corrected chi connectivity index (χ4v) is 1.99. The molecule has 2 rings (SSSR count). The number of benzene rings is 2. The van der Waals surface area contributed by atoms with Crippen molar-refractivity contribution < 1.29 is 4.79 Å². The van der Waals surface area contributed by atoms with Gasteiger partial charge in [0.2, 0.25) is 0 Å². The van der Waals surface area contributed by atoms with Gasteiger partial charge in [-0.1, -0.05) is 42.0 Å². The summed E-state index contributed by atoms with van der Waals surface area (Å²) in [5, 5.41) is 3.94. The summed E-state index contributed by atoms with van der Waals surface area (Å²) in [6.07, 6.45) is 1.62. The van der Waals surface area contributed by atoms with Crippen LogP contribution in [0.25, 0.3) is 0 Å². The Kier molecular flexibility index (Phi) is 4.47. The highest BCUT2D eigenvalue weighted by atomic mass is 79.9. The lowest BCUT2D eigenvalue weighted by Crippen LogP contribution is -2.18. The highest BCUT2D eigenvalue weighted by molar-refractivity contribution is 9.10. The molecular formula is C15H13BrN2O. The molecule has 0 aliphatic carbocycles. The lowest BCUT2D eigenvalue weighted by Gasteiger charge is -2.01. The average Bonchev–Trinajstić information content (AvgIpc) is 2.41. The van der Waals surface area contributed by atoms with Gasteiger partial charge in [0.05, 0.1) is 11.8 Å². The van der Waals surface area contributed by atoms with E-state index in [0.29, 0.717) is 5.56 Å². The highest BCUT2D eigenvalue weighted by Crippen LogP contribution is 2.15. The van der Waals surface area contributed by atoms with E-state index >= 15 is 0 Å². The van der Waals surface area contributed by atoms with Crippen molar-refractivity contribution in [1.29, 1.82) is 0 Å². The van der Waals surface area contributed by atoms with E-state index in [9.17, 15) is 4.79 Å². The molecule has 0 fully saturated rings. The quantitative estimate of drug-likeness (QED) is 0.683. The molecule has 0 bridgehead atoms. The van der Waals surface area contributed by atoms with Crippen LogP contribution in [0.2, 0.25) is 0 Å². The Morgan fingerprint density at radius 3 is 2.53 bits per heavy atom. The maximum Gasteiger partial charge on any atom is 0.272 e. The summed E-state index contributed by atoms with van der Waals surface area (Å²) < 4.78 is 0.748. The van der Waals surface area contributed by atoms with Crippen LogP contribution in [0.3, 0.4) is 0 Å². The van der Waals surface area contributed by atoms with Gasteiger partial charge in [-0.2, -0.15) is 5.10 Å². The number of hydrogen-bond donors (Lipinski definition) is 1. The van der Waals surface area contributed by atoms with Crippen LogP contribution in [0.1, 0.15) is 21.5 Å². The number of nitrogens with one attached hydrogen (secondary N) is 1. The van der Waals surface area contributed by atoms with Crippen molar-refractivity contribution in [3.8, 4) is 0 Å². The number of carbonyl (C=O) groups is 1. The fraction of sp³-hybridized carbons (Fsp3) is 0.0667. The minimum absolute atomic E-state index is 0.240. The van der Waals surface area contributed by atoms with Crippen LogP contribution in [0.5, 0.6) is 0 Å². The first kappa shape index (κ1) is 13.5. The van der Waals surface area contributed by atoms with Crippen molar-refractivity contribution >= 4 is 28.1 Å². The van der Waals surface area contributed by atoms with E-state index in [-0.39, 0.29) is 5.91 Å². The lowest BCUT2D eigenvalue weighted by molar-refractivity contribution is 0.0954.